The SMILES string of the molecule is COC(=O)C1=C(C)NC(C)=C(C(=O)CCN(C)CC2CCCCC2)C1C1CCCC([N+](=O)[O-])C1. The van der Waals surface area contributed by atoms with E-state index in [4.69, 9.17) is 4.74 Å². The lowest BCUT2D eigenvalue weighted by Gasteiger charge is -2.37. The van der Waals surface area contributed by atoms with Gasteiger partial charge in [0, 0.05) is 60.2 Å². The molecule has 0 aromatic carbocycles. The summed E-state index contributed by atoms with van der Waals surface area (Å²) >= 11 is 0. The van der Waals surface area contributed by atoms with Crippen LogP contribution in [0.1, 0.15) is 78.1 Å². The molecule has 0 bridgehead atoms. The maximum absolute atomic E-state index is 13.6. The van der Waals surface area contributed by atoms with Gasteiger partial charge in [0.2, 0.25) is 6.04 Å². The zero-order chi connectivity index (χ0) is 24.8. The van der Waals surface area contributed by atoms with E-state index in [1.807, 2.05) is 13.8 Å². The van der Waals surface area contributed by atoms with Crippen molar-refractivity contribution in [2.24, 2.45) is 17.8 Å². The minimum atomic E-state index is -0.633. The van der Waals surface area contributed by atoms with Crippen molar-refractivity contribution in [2.75, 3.05) is 27.2 Å². The Morgan fingerprint density at radius 2 is 1.74 bits per heavy atom. The van der Waals surface area contributed by atoms with Crippen LogP contribution in [-0.4, -0.2) is 54.9 Å². The van der Waals surface area contributed by atoms with Crippen molar-refractivity contribution in [3.8, 4) is 0 Å². The fraction of sp³-hybridized carbons (Fsp3) is 0.769. The second kappa shape index (κ2) is 12.0. The number of rotatable bonds is 9. The van der Waals surface area contributed by atoms with E-state index in [9.17, 15) is 19.7 Å². The molecular weight excluding hydrogens is 434 g/mol. The molecule has 0 radical (unpaired) electrons. The van der Waals surface area contributed by atoms with Crippen molar-refractivity contribution in [2.45, 2.75) is 84.1 Å². The van der Waals surface area contributed by atoms with Gasteiger partial charge in [-0.2, -0.15) is 0 Å². The van der Waals surface area contributed by atoms with Crippen LogP contribution in [0.5, 0.6) is 0 Å². The zero-order valence-corrected chi connectivity index (χ0v) is 21.2. The predicted octanol–water partition coefficient (Wildman–Crippen LogP) is 4.23. The van der Waals surface area contributed by atoms with Crippen molar-refractivity contribution in [1.82, 2.24) is 10.2 Å². The third kappa shape index (κ3) is 6.26. The smallest absolute Gasteiger partial charge is 0.336 e. The van der Waals surface area contributed by atoms with Gasteiger partial charge in [-0.3, -0.25) is 14.9 Å². The number of allylic oxidation sites excluding steroid dienone is 3. The average molecular weight is 476 g/mol. The van der Waals surface area contributed by atoms with E-state index in [2.05, 4.69) is 17.3 Å². The number of hydrogen-bond acceptors (Lipinski definition) is 7. The number of nitrogens with zero attached hydrogens (tertiary/aromatic N) is 2. The molecule has 3 atom stereocenters. The van der Waals surface area contributed by atoms with Crippen LogP contribution in [0.3, 0.4) is 0 Å². The Bertz CT molecular complexity index is 843. The highest BCUT2D eigenvalue weighted by molar-refractivity contribution is 6.01. The van der Waals surface area contributed by atoms with Gasteiger partial charge in [0.1, 0.15) is 0 Å². The monoisotopic (exact) mass is 475 g/mol. The maximum Gasteiger partial charge on any atom is 0.336 e. The third-order valence-electron chi connectivity index (χ3n) is 7.98. The van der Waals surface area contributed by atoms with Gasteiger partial charge < -0.3 is 15.0 Å². The van der Waals surface area contributed by atoms with Gasteiger partial charge >= 0.3 is 5.97 Å². The molecule has 8 nitrogen and oxygen atoms in total. The second-order valence-electron chi connectivity index (χ2n) is 10.5. The molecule has 8 heteroatoms. The highest BCUT2D eigenvalue weighted by Gasteiger charge is 2.43. The first kappa shape index (κ1) is 26.4. The first-order valence-electron chi connectivity index (χ1n) is 12.8. The summed E-state index contributed by atoms with van der Waals surface area (Å²) in [5.41, 5.74) is 2.47. The Kier molecular flexibility index (Phi) is 9.28. The number of ketones is 1. The van der Waals surface area contributed by atoms with Crippen LogP contribution in [0.25, 0.3) is 0 Å². The summed E-state index contributed by atoms with van der Waals surface area (Å²) in [7, 11) is 3.42. The number of dihydropyridines is 1. The molecule has 0 saturated heterocycles. The van der Waals surface area contributed by atoms with E-state index < -0.39 is 17.9 Å². The molecule has 1 N–H and O–H groups in total. The predicted molar refractivity (Wildman–Crippen MR) is 130 cm³/mol. The summed E-state index contributed by atoms with van der Waals surface area (Å²) in [6.07, 6.45) is 9.21. The molecule has 0 spiro atoms. The minimum Gasteiger partial charge on any atom is -0.466 e. The molecule has 2 saturated carbocycles. The normalized spacial score (nSPS) is 26.4. The van der Waals surface area contributed by atoms with Crippen molar-refractivity contribution in [1.29, 1.82) is 0 Å². The molecule has 0 aromatic rings. The topological polar surface area (TPSA) is 102 Å². The molecule has 34 heavy (non-hydrogen) atoms. The number of methoxy groups -OCH3 is 1. The fourth-order valence-corrected chi connectivity index (χ4v) is 6.29. The Morgan fingerprint density at radius 3 is 2.38 bits per heavy atom. The summed E-state index contributed by atoms with van der Waals surface area (Å²) in [5.74, 6) is -0.346. The van der Waals surface area contributed by atoms with Gasteiger partial charge in [0.15, 0.2) is 5.78 Å². The van der Waals surface area contributed by atoms with Crippen molar-refractivity contribution in [3.63, 3.8) is 0 Å². The summed E-state index contributed by atoms with van der Waals surface area (Å²) < 4.78 is 5.09. The van der Waals surface area contributed by atoms with E-state index in [0.29, 0.717) is 48.6 Å². The molecule has 190 valence electrons. The van der Waals surface area contributed by atoms with Crippen molar-refractivity contribution in [3.05, 3.63) is 32.7 Å². The lowest BCUT2D eigenvalue weighted by atomic mass is 9.68. The number of carbonyl (C=O) groups is 2. The average Bonchev–Trinajstić information content (AvgIpc) is 2.82. The first-order valence-corrected chi connectivity index (χ1v) is 12.8. The summed E-state index contributed by atoms with van der Waals surface area (Å²) in [4.78, 5) is 40.0. The first-order chi connectivity index (χ1) is 16.2. The second-order valence-corrected chi connectivity index (χ2v) is 10.5. The Morgan fingerprint density at radius 1 is 1.06 bits per heavy atom. The molecule has 0 amide bonds. The van der Waals surface area contributed by atoms with Crippen LogP contribution < -0.4 is 5.32 Å². The number of ether oxygens (including phenoxy) is 1. The van der Waals surface area contributed by atoms with Crippen molar-refractivity contribution >= 4 is 11.8 Å². The van der Waals surface area contributed by atoms with Crippen LogP contribution in [0.4, 0.5) is 0 Å². The Balaban J connectivity index is 1.79. The van der Waals surface area contributed by atoms with E-state index in [0.717, 1.165) is 25.1 Å². The zero-order valence-electron chi connectivity index (χ0n) is 21.2. The third-order valence-corrected chi connectivity index (χ3v) is 7.98. The van der Waals surface area contributed by atoms with E-state index in [1.54, 1.807) is 0 Å². The Labute approximate surface area is 203 Å². The maximum atomic E-state index is 13.6. The summed E-state index contributed by atoms with van der Waals surface area (Å²) in [5, 5.41) is 14.8. The quantitative estimate of drug-likeness (QED) is 0.302. The number of esters is 1. The highest BCUT2D eigenvalue weighted by atomic mass is 16.6. The van der Waals surface area contributed by atoms with Crippen LogP contribution >= 0.6 is 0 Å². The number of nitro groups is 1. The molecule has 3 rings (SSSR count). The number of hydrogen-bond donors (Lipinski definition) is 1. The molecule has 1 aliphatic heterocycles. The molecule has 1 heterocycles. The van der Waals surface area contributed by atoms with Crippen LogP contribution in [0.15, 0.2) is 22.5 Å². The minimum absolute atomic E-state index is 0.0163. The molecule has 2 aliphatic carbocycles. The van der Waals surface area contributed by atoms with Gasteiger partial charge in [-0.15, -0.1) is 0 Å². The number of carbonyl (C=O) groups excluding carboxylic acids is 2. The molecule has 3 aliphatic rings. The fourth-order valence-electron chi connectivity index (χ4n) is 6.29. The van der Waals surface area contributed by atoms with E-state index in [-0.39, 0.29) is 16.6 Å². The number of nitrogens with one attached hydrogen (secondary N) is 1. The summed E-state index contributed by atoms with van der Waals surface area (Å²) in [6, 6.07) is -0.633. The number of Topliss-reactive ketones (excluding diaryl/α,β-unsaturated/α-hetero) is 1. The lowest BCUT2D eigenvalue weighted by molar-refractivity contribution is -0.528. The van der Waals surface area contributed by atoms with E-state index in [1.165, 1.54) is 39.2 Å². The molecule has 0 aromatic heterocycles. The molecule has 3 unspecified atom stereocenters. The lowest BCUT2D eigenvalue weighted by Crippen LogP contribution is -2.40. The molecule has 2 fully saturated rings. The standard InChI is InChI=1S/C26H41N3O5/c1-17-23(22(30)13-14-28(3)16-19-9-6-5-7-10-19)25(24(18(2)27-17)26(31)34-4)20-11-8-12-21(15-20)29(32)33/h19-21,25,27H,5-16H2,1-4H3. The van der Waals surface area contributed by atoms with Gasteiger partial charge in [-0.1, -0.05) is 19.3 Å². The van der Waals surface area contributed by atoms with Crippen LogP contribution in [0, 0.1) is 27.9 Å². The van der Waals surface area contributed by atoms with Gasteiger partial charge in [-0.25, -0.2) is 4.79 Å². The molecular formula is C26H41N3O5. The summed E-state index contributed by atoms with van der Waals surface area (Å²) in [6.45, 7) is 5.36. The van der Waals surface area contributed by atoms with Crippen molar-refractivity contribution < 1.29 is 19.2 Å². The highest BCUT2D eigenvalue weighted by Crippen LogP contribution is 2.43. The largest absolute Gasteiger partial charge is 0.466 e. The van der Waals surface area contributed by atoms with Crippen LogP contribution in [0.2, 0.25) is 0 Å². The van der Waals surface area contributed by atoms with Gasteiger partial charge in [-0.05, 0) is 58.4 Å². The van der Waals surface area contributed by atoms with Gasteiger partial charge in [0.05, 0.1) is 12.7 Å². The van der Waals surface area contributed by atoms with Crippen LogP contribution in [-0.2, 0) is 14.3 Å². The Hall–Kier alpha value is -2.22. The van der Waals surface area contributed by atoms with E-state index >= 15 is 0 Å². The van der Waals surface area contributed by atoms with Gasteiger partial charge in [0.25, 0.3) is 0 Å².